The topological polar surface area (TPSA) is 37.3 Å². The molecule has 0 radical (unpaired) electrons. The third kappa shape index (κ3) is 3.75. The first kappa shape index (κ1) is 15.5. The summed E-state index contributed by atoms with van der Waals surface area (Å²) >= 11 is 1.65. The van der Waals surface area contributed by atoms with Crippen LogP contribution in [0.25, 0.3) is 0 Å². The van der Waals surface area contributed by atoms with E-state index in [0.29, 0.717) is 5.75 Å². The molecule has 0 saturated carbocycles. The van der Waals surface area contributed by atoms with Crippen molar-refractivity contribution in [2.75, 3.05) is 11.5 Å². The van der Waals surface area contributed by atoms with E-state index in [1.54, 1.807) is 11.8 Å². The van der Waals surface area contributed by atoms with Gasteiger partial charge in [-0.05, 0) is 18.6 Å². The summed E-state index contributed by atoms with van der Waals surface area (Å²) in [6.45, 7) is 8.06. The predicted molar refractivity (Wildman–Crippen MR) is 70.8 cm³/mol. The third-order valence-electron chi connectivity index (χ3n) is 2.60. The van der Waals surface area contributed by atoms with Crippen LogP contribution in [-0.4, -0.2) is 31.0 Å². The zero-order valence-corrected chi connectivity index (χ0v) is 11.9. The van der Waals surface area contributed by atoms with Crippen LogP contribution in [0.1, 0.15) is 47.0 Å². The van der Waals surface area contributed by atoms with Gasteiger partial charge in [0.2, 0.25) is 0 Å². The van der Waals surface area contributed by atoms with E-state index in [1.165, 1.54) is 0 Å². The number of aliphatic hydroxyl groups is 1. The van der Waals surface area contributed by atoms with Gasteiger partial charge in [0, 0.05) is 16.6 Å². The van der Waals surface area contributed by atoms with Crippen LogP contribution < -0.4 is 0 Å². The normalized spacial score (nSPS) is 19.5. The van der Waals surface area contributed by atoms with Crippen LogP contribution in [0.3, 0.4) is 0 Å². The molecule has 0 aromatic rings. The molecule has 0 aromatic carbocycles. The van der Waals surface area contributed by atoms with Crippen molar-refractivity contribution in [3.05, 3.63) is 0 Å². The van der Waals surface area contributed by atoms with Gasteiger partial charge in [0.05, 0.1) is 6.10 Å². The Balaban J connectivity index is 4.86. The van der Waals surface area contributed by atoms with E-state index in [-0.39, 0.29) is 0 Å². The van der Waals surface area contributed by atoms with Gasteiger partial charge in [-0.1, -0.05) is 34.1 Å². The summed E-state index contributed by atoms with van der Waals surface area (Å²) < 4.78 is 11.7. The van der Waals surface area contributed by atoms with E-state index in [2.05, 4.69) is 13.8 Å². The molecule has 0 saturated heterocycles. The fourth-order valence-electron chi connectivity index (χ4n) is 1.79. The fourth-order valence-corrected chi connectivity index (χ4v) is 5.26. The van der Waals surface area contributed by atoms with Crippen molar-refractivity contribution in [2.45, 2.75) is 57.1 Å². The Bertz CT molecular complexity index is 197. The summed E-state index contributed by atoms with van der Waals surface area (Å²) in [5.41, 5.74) is 0. The highest BCUT2D eigenvalue weighted by Crippen LogP contribution is 2.38. The quantitative estimate of drug-likeness (QED) is 0.722. The van der Waals surface area contributed by atoms with Crippen LogP contribution in [0, 0.1) is 0 Å². The van der Waals surface area contributed by atoms with E-state index >= 15 is 0 Å². The van der Waals surface area contributed by atoms with Gasteiger partial charge in [-0.15, -0.1) is 11.8 Å². The summed E-state index contributed by atoms with van der Waals surface area (Å²) in [6, 6.07) is 0. The van der Waals surface area contributed by atoms with E-state index < -0.39 is 21.0 Å². The largest absolute Gasteiger partial charge is 0.391 e. The molecule has 2 nitrogen and oxygen atoms in total. The van der Waals surface area contributed by atoms with Crippen LogP contribution in [-0.2, 0) is 10.8 Å². The molecule has 0 aromatic heterocycles. The second-order valence-corrected chi connectivity index (χ2v) is 7.39. The van der Waals surface area contributed by atoms with E-state index in [4.69, 9.17) is 0 Å². The molecule has 1 N–H and O–H groups in total. The predicted octanol–water partition coefficient (Wildman–Crippen LogP) is 2.78. The number of thioether (sulfide) groups is 1. The molecule has 15 heavy (non-hydrogen) atoms. The lowest BCUT2D eigenvalue weighted by Crippen LogP contribution is -2.43. The fraction of sp³-hybridized carbons (Fsp3) is 1.00. The third-order valence-corrected chi connectivity index (χ3v) is 6.70. The van der Waals surface area contributed by atoms with Crippen molar-refractivity contribution < 1.29 is 9.32 Å². The van der Waals surface area contributed by atoms with Gasteiger partial charge < -0.3 is 5.11 Å². The summed E-state index contributed by atoms with van der Waals surface area (Å²) in [6.07, 6.45) is 2.01. The molecule has 0 aliphatic rings. The second kappa shape index (κ2) is 7.69. The molecule has 0 amide bonds. The first-order valence-corrected chi connectivity index (χ1v) is 8.09. The van der Waals surface area contributed by atoms with Crippen molar-refractivity contribution >= 4 is 22.6 Å². The second-order valence-electron chi connectivity index (χ2n) is 3.54. The van der Waals surface area contributed by atoms with Crippen molar-refractivity contribution in [1.82, 2.24) is 0 Å². The number of hydrogen-bond donors (Lipinski definition) is 1. The lowest BCUT2D eigenvalue weighted by Gasteiger charge is -2.35. The Morgan fingerprint density at radius 2 is 1.93 bits per heavy atom. The Kier molecular flexibility index (Phi) is 7.92. The molecule has 0 rings (SSSR count). The maximum atomic E-state index is 12.1. The number of rotatable bonds is 8. The van der Waals surface area contributed by atoms with Gasteiger partial charge >= 0.3 is 0 Å². The molecule has 0 fully saturated rings. The van der Waals surface area contributed by atoms with Crippen molar-refractivity contribution in [2.24, 2.45) is 0 Å². The lowest BCUT2D eigenvalue weighted by molar-refractivity contribution is 0.146. The molecule has 0 aliphatic heterocycles. The minimum atomic E-state index is -0.942. The van der Waals surface area contributed by atoms with Crippen LogP contribution >= 0.6 is 11.8 Å². The first-order chi connectivity index (χ1) is 7.08. The Labute approximate surface area is 101 Å². The maximum absolute atomic E-state index is 12.1. The highest BCUT2D eigenvalue weighted by Gasteiger charge is 2.40. The smallest absolute Gasteiger partial charge is 0.116 e. The van der Waals surface area contributed by atoms with Gasteiger partial charge in [0.25, 0.3) is 0 Å². The molecule has 92 valence electrons. The average molecular weight is 252 g/mol. The first-order valence-electron chi connectivity index (χ1n) is 5.79. The molecule has 0 spiro atoms. The van der Waals surface area contributed by atoms with Crippen LogP contribution in [0.4, 0.5) is 0 Å². The Morgan fingerprint density at radius 3 is 2.27 bits per heavy atom. The summed E-state index contributed by atoms with van der Waals surface area (Å²) in [5, 5.41) is 10.2. The minimum absolute atomic E-state index is 0.445. The zero-order valence-electron chi connectivity index (χ0n) is 10.3. The Hall–Kier alpha value is 0.460. The molecule has 4 heteroatoms. The van der Waals surface area contributed by atoms with Crippen LogP contribution in [0.2, 0.25) is 0 Å². The van der Waals surface area contributed by atoms with Crippen molar-refractivity contribution in [1.29, 1.82) is 0 Å². The van der Waals surface area contributed by atoms with Gasteiger partial charge in [0.15, 0.2) is 0 Å². The van der Waals surface area contributed by atoms with E-state index in [9.17, 15) is 9.32 Å². The molecule has 0 bridgehead atoms. The van der Waals surface area contributed by atoms with E-state index in [0.717, 1.165) is 25.0 Å². The van der Waals surface area contributed by atoms with Gasteiger partial charge in [-0.3, -0.25) is 4.21 Å². The SMILES string of the molecule is CCCC(O)C(CC)(SCC)S(=O)CC. The Morgan fingerprint density at radius 1 is 1.33 bits per heavy atom. The van der Waals surface area contributed by atoms with E-state index in [1.807, 2.05) is 13.8 Å². The van der Waals surface area contributed by atoms with Crippen LogP contribution in [0.5, 0.6) is 0 Å². The standard InChI is InChI=1S/C11H24O2S2/c1-5-9-10(12)11(6-2,14-7-3)15(13)8-4/h10,12H,5-9H2,1-4H3. The monoisotopic (exact) mass is 252 g/mol. The summed E-state index contributed by atoms with van der Waals surface area (Å²) in [7, 11) is -0.942. The molecule has 3 atom stereocenters. The zero-order chi connectivity index (χ0) is 11.9. The molecular weight excluding hydrogens is 228 g/mol. The minimum Gasteiger partial charge on any atom is -0.391 e. The molecule has 0 heterocycles. The molecule has 3 unspecified atom stereocenters. The number of hydrogen-bond acceptors (Lipinski definition) is 3. The molecule has 0 aliphatic carbocycles. The highest BCUT2D eigenvalue weighted by atomic mass is 32.2. The van der Waals surface area contributed by atoms with Crippen LogP contribution in [0.15, 0.2) is 0 Å². The highest BCUT2D eigenvalue weighted by molar-refractivity contribution is 8.12. The maximum Gasteiger partial charge on any atom is 0.116 e. The summed E-state index contributed by atoms with van der Waals surface area (Å²) in [5.74, 6) is 1.53. The summed E-state index contributed by atoms with van der Waals surface area (Å²) in [4.78, 5) is 0. The van der Waals surface area contributed by atoms with Crippen molar-refractivity contribution in [3.63, 3.8) is 0 Å². The van der Waals surface area contributed by atoms with Crippen molar-refractivity contribution in [3.8, 4) is 0 Å². The average Bonchev–Trinajstić information content (AvgIpc) is 2.25. The van der Waals surface area contributed by atoms with Gasteiger partial charge in [0.1, 0.15) is 4.08 Å². The van der Waals surface area contributed by atoms with Gasteiger partial charge in [-0.2, -0.15) is 0 Å². The van der Waals surface area contributed by atoms with Gasteiger partial charge in [-0.25, -0.2) is 0 Å². The molecular formula is C11H24O2S2. The lowest BCUT2D eigenvalue weighted by atomic mass is 10.1. The number of aliphatic hydroxyl groups excluding tert-OH is 1.